The summed E-state index contributed by atoms with van der Waals surface area (Å²) in [7, 11) is 1.81. The Bertz CT molecular complexity index is 1400. The Morgan fingerprint density at radius 2 is 1.89 bits per heavy atom. The van der Waals surface area contributed by atoms with Crippen molar-refractivity contribution in [3.8, 4) is 11.8 Å². The van der Waals surface area contributed by atoms with Crippen molar-refractivity contribution in [2.75, 3.05) is 6.54 Å². The van der Waals surface area contributed by atoms with E-state index in [1.54, 1.807) is 52.1 Å². The fourth-order valence-electron chi connectivity index (χ4n) is 5.11. The van der Waals surface area contributed by atoms with Gasteiger partial charge in [-0.3, -0.25) is 9.48 Å². The number of benzene rings is 2. The Labute approximate surface area is 201 Å². The Balaban J connectivity index is 1.66. The van der Waals surface area contributed by atoms with Gasteiger partial charge in [0.1, 0.15) is 22.9 Å². The van der Waals surface area contributed by atoms with E-state index in [2.05, 4.69) is 22.2 Å². The third-order valence-corrected chi connectivity index (χ3v) is 6.56. The molecule has 0 aliphatic carbocycles. The maximum absolute atomic E-state index is 13.9. The normalized spacial score (nSPS) is 22.2. The van der Waals surface area contributed by atoms with Crippen molar-refractivity contribution in [1.82, 2.24) is 24.6 Å². The molecule has 180 valence electrons. The molecule has 0 saturated carbocycles. The molecule has 1 saturated heterocycles. The number of nitrogens with zero attached hydrogens (tertiary/aromatic N) is 4. The molecule has 7 nitrogen and oxygen atoms in total. The summed E-state index contributed by atoms with van der Waals surface area (Å²) in [5, 5.41) is 3.49. The Kier molecular flexibility index (Phi) is 5.94. The van der Waals surface area contributed by atoms with Gasteiger partial charge in [0.2, 0.25) is 0 Å². The maximum atomic E-state index is 13.9. The van der Waals surface area contributed by atoms with E-state index >= 15 is 0 Å². The van der Waals surface area contributed by atoms with Gasteiger partial charge in [-0.2, -0.15) is 4.98 Å². The van der Waals surface area contributed by atoms with Crippen molar-refractivity contribution >= 4 is 0 Å². The molecule has 0 radical (unpaired) electrons. The first-order valence-electron chi connectivity index (χ1n) is 11.4. The van der Waals surface area contributed by atoms with Crippen molar-refractivity contribution in [3.05, 3.63) is 106 Å². The molecule has 1 aliphatic rings. The van der Waals surface area contributed by atoms with E-state index in [1.807, 2.05) is 7.05 Å². The van der Waals surface area contributed by atoms with Gasteiger partial charge >= 0.3 is 6.01 Å². The minimum atomic E-state index is -0.863. The van der Waals surface area contributed by atoms with Gasteiger partial charge in [0.15, 0.2) is 0 Å². The van der Waals surface area contributed by atoms with Crippen LogP contribution in [0.5, 0.6) is 11.8 Å². The average Bonchev–Trinajstić information content (AvgIpc) is 3.18. The van der Waals surface area contributed by atoms with Crippen LogP contribution in [0.3, 0.4) is 0 Å². The molecule has 0 spiro atoms. The van der Waals surface area contributed by atoms with Crippen LogP contribution in [0.4, 0.5) is 8.78 Å². The largest absolute Gasteiger partial charge is 0.424 e. The highest BCUT2D eigenvalue weighted by Crippen LogP contribution is 2.45. The second-order valence-corrected chi connectivity index (χ2v) is 8.86. The first-order valence-corrected chi connectivity index (χ1v) is 11.4. The summed E-state index contributed by atoms with van der Waals surface area (Å²) in [6.45, 7) is 2.56. The van der Waals surface area contributed by atoms with E-state index in [9.17, 15) is 13.6 Å². The Morgan fingerprint density at radius 3 is 2.60 bits per heavy atom. The molecule has 4 aromatic rings. The highest BCUT2D eigenvalue weighted by Gasteiger charge is 2.49. The number of hydrogen-bond acceptors (Lipinski definition) is 5. The molecule has 5 rings (SSSR count). The fourth-order valence-corrected chi connectivity index (χ4v) is 5.11. The van der Waals surface area contributed by atoms with Gasteiger partial charge in [0, 0.05) is 50.1 Å². The van der Waals surface area contributed by atoms with Gasteiger partial charge in [0.25, 0.3) is 5.56 Å². The quantitative estimate of drug-likeness (QED) is 0.471. The van der Waals surface area contributed by atoms with Crippen molar-refractivity contribution in [2.45, 2.75) is 30.8 Å². The van der Waals surface area contributed by atoms with Crippen LogP contribution in [-0.4, -0.2) is 31.9 Å². The second-order valence-electron chi connectivity index (χ2n) is 8.86. The van der Waals surface area contributed by atoms with E-state index < -0.39 is 11.4 Å². The lowest BCUT2D eigenvalue weighted by Gasteiger charge is -2.48. The summed E-state index contributed by atoms with van der Waals surface area (Å²) >= 11 is 0. The van der Waals surface area contributed by atoms with Crippen LogP contribution < -0.4 is 15.6 Å². The average molecular weight is 478 g/mol. The van der Waals surface area contributed by atoms with E-state index in [1.165, 1.54) is 30.3 Å². The van der Waals surface area contributed by atoms with Gasteiger partial charge < -0.3 is 10.1 Å². The molecule has 3 unspecified atom stereocenters. The number of aryl methyl sites for hydroxylation is 1. The molecule has 2 aromatic carbocycles. The number of piperidine rings is 1. The predicted molar refractivity (Wildman–Crippen MR) is 126 cm³/mol. The Morgan fingerprint density at radius 1 is 1.09 bits per heavy atom. The smallest absolute Gasteiger partial charge is 0.322 e. The number of hydrogen-bond donors (Lipinski definition) is 1. The summed E-state index contributed by atoms with van der Waals surface area (Å²) < 4.78 is 36.8. The van der Waals surface area contributed by atoms with Gasteiger partial charge in [-0.15, -0.1) is 0 Å². The van der Waals surface area contributed by atoms with Crippen LogP contribution in [0.2, 0.25) is 0 Å². The van der Waals surface area contributed by atoms with Gasteiger partial charge in [0.05, 0.1) is 5.69 Å². The number of halogens is 2. The first kappa shape index (κ1) is 22.9. The molecule has 35 heavy (non-hydrogen) atoms. The van der Waals surface area contributed by atoms with Gasteiger partial charge in [-0.25, -0.2) is 18.4 Å². The second kappa shape index (κ2) is 9.07. The zero-order valence-electron chi connectivity index (χ0n) is 19.4. The first-order chi connectivity index (χ1) is 16.9. The molecule has 3 heterocycles. The molecule has 1 aliphatic heterocycles. The summed E-state index contributed by atoms with van der Waals surface area (Å²) in [5.41, 5.74) is 0.412. The standard InChI is InChI=1S/C26H25F2N5O2/c1-17-15-26(18-6-8-19(27)9-7-18,33-24(34)11-13-32(33)2)22(16-30-17)23-10-12-29-25(31-23)35-21-5-3-4-20(28)14-21/h3-14,17,22,30H,15-16H2,1-2H3. The van der Waals surface area contributed by atoms with Crippen LogP contribution in [-0.2, 0) is 12.6 Å². The van der Waals surface area contributed by atoms with E-state index in [0.29, 0.717) is 18.7 Å². The number of rotatable bonds is 5. The predicted octanol–water partition coefficient (Wildman–Crippen LogP) is 3.96. The summed E-state index contributed by atoms with van der Waals surface area (Å²) in [5.74, 6) is -0.827. The number of aromatic nitrogens is 4. The third-order valence-electron chi connectivity index (χ3n) is 6.56. The van der Waals surface area contributed by atoms with Crippen molar-refractivity contribution in [1.29, 1.82) is 0 Å². The van der Waals surface area contributed by atoms with E-state index in [-0.39, 0.29) is 35.1 Å². The molecule has 0 amide bonds. The molecule has 1 fully saturated rings. The lowest BCUT2D eigenvalue weighted by atomic mass is 9.70. The van der Waals surface area contributed by atoms with Crippen LogP contribution >= 0.6 is 0 Å². The van der Waals surface area contributed by atoms with Crippen LogP contribution in [0.25, 0.3) is 0 Å². The zero-order valence-corrected chi connectivity index (χ0v) is 19.4. The van der Waals surface area contributed by atoms with Crippen molar-refractivity contribution < 1.29 is 13.5 Å². The molecule has 2 aromatic heterocycles. The molecular formula is C26H25F2N5O2. The van der Waals surface area contributed by atoms with E-state index in [0.717, 1.165) is 5.56 Å². The lowest BCUT2D eigenvalue weighted by Crippen LogP contribution is -2.58. The highest BCUT2D eigenvalue weighted by molar-refractivity contribution is 5.35. The molecule has 3 atom stereocenters. The summed E-state index contributed by atoms with van der Waals surface area (Å²) in [6, 6.07) is 15.5. The maximum Gasteiger partial charge on any atom is 0.322 e. The third kappa shape index (κ3) is 4.23. The monoisotopic (exact) mass is 477 g/mol. The lowest BCUT2D eigenvalue weighted by molar-refractivity contribution is 0.146. The topological polar surface area (TPSA) is 74.0 Å². The minimum Gasteiger partial charge on any atom is -0.424 e. The van der Waals surface area contributed by atoms with Crippen LogP contribution in [0.1, 0.15) is 30.5 Å². The minimum absolute atomic E-state index is 0.0685. The van der Waals surface area contributed by atoms with Crippen LogP contribution in [0.15, 0.2) is 77.9 Å². The molecular weight excluding hydrogens is 452 g/mol. The highest BCUT2D eigenvalue weighted by atomic mass is 19.1. The van der Waals surface area contributed by atoms with Crippen LogP contribution in [0, 0.1) is 11.6 Å². The van der Waals surface area contributed by atoms with Crippen molar-refractivity contribution in [2.24, 2.45) is 7.05 Å². The number of ether oxygens (including phenoxy) is 1. The molecule has 1 N–H and O–H groups in total. The summed E-state index contributed by atoms with van der Waals surface area (Å²) in [6.07, 6.45) is 3.86. The van der Waals surface area contributed by atoms with Gasteiger partial charge in [-0.1, -0.05) is 18.2 Å². The van der Waals surface area contributed by atoms with Crippen molar-refractivity contribution in [3.63, 3.8) is 0 Å². The van der Waals surface area contributed by atoms with E-state index in [4.69, 9.17) is 4.74 Å². The zero-order chi connectivity index (χ0) is 24.6. The number of nitrogens with one attached hydrogen (secondary N) is 1. The van der Waals surface area contributed by atoms with Gasteiger partial charge in [-0.05, 0) is 49.2 Å². The molecule has 9 heteroatoms. The summed E-state index contributed by atoms with van der Waals surface area (Å²) in [4.78, 5) is 22.0. The molecule has 0 bridgehead atoms. The SMILES string of the molecule is CC1CC(c2ccc(F)cc2)(n2c(=O)ccn2C)C(c2ccnc(Oc3cccc(F)c3)n2)CN1. The Hall–Kier alpha value is -3.85. The fraction of sp³-hybridized carbons (Fsp3) is 0.269.